The minimum absolute atomic E-state index is 0.561. The first kappa shape index (κ1) is 12.0. The molecule has 0 bridgehead atoms. The Kier molecular flexibility index (Phi) is 3.29. The van der Waals surface area contributed by atoms with Crippen LogP contribution in [0.25, 0.3) is 10.9 Å². The first-order chi connectivity index (χ1) is 7.56. The molecule has 2 aromatic rings. The average Bonchev–Trinajstić information content (AvgIpc) is 2.26. The summed E-state index contributed by atoms with van der Waals surface area (Å²) in [5, 5.41) is 1.83. The van der Waals surface area contributed by atoms with E-state index >= 15 is 0 Å². The van der Waals surface area contributed by atoms with Crippen molar-refractivity contribution in [1.82, 2.24) is 4.98 Å². The maximum atomic E-state index is 6.24. The van der Waals surface area contributed by atoms with Crippen LogP contribution in [0.5, 0.6) is 5.75 Å². The zero-order chi connectivity index (χ0) is 11.9. The Hall–Kier alpha value is -0.510. The van der Waals surface area contributed by atoms with Crippen LogP contribution in [0.15, 0.2) is 16.6 Å². The quantitative estimate of drug-likeness (QED) is 0.764. The van der Waals surface area contributed by atoms with Gasteiger partial charge >= 0.3 is 0 Å². The molecule has 0 radical (unpaired) electrons. The fourth-order valence-corrected chi connectivity index (χ4v) is 2.43. The van der Waals surface area contributed by atoms with E-state index in [-0.39, 0.29) is 0 Å². The van der Waals surface area contributed by atoms with Crippen LogP contribution in [0.2, 0.25) is 10.0 Å². The van der Waals surface area contributed by atoms with E-state index in [0.717, 1.165) is 10.2 Å². The normalized spacial score (nSPS) is 10.8. The minimum atomic E-state index is 0.561. The molecule has 0 fully saturated rings. The van der Waals surface area contributed by atoms with Crippen molar-refractivity contribution in [2.75, 3.05) is 7.11 Å². The molecule has 0 aliphatic heterocycles. The lowest BCUT2D eigenvalue weighted by Gasteiger charge is -2.10. The van der Waals surface area contributed by atoms with Gasteiger partial charge in [0.25, 0.3) is 0 Å². The summed E-state index contributed by atoms with van der Waals surface area (Å²) >= 11 is 15.7. The summed E-state index contributed by atoms with van der Waals surface area (Å²) < 4.78 is 6.00. The van der Waals surface area contributed by atoms with Gasteiger partial charge in [-0.15, -0.1) is 0 Å². The van der Waals surface area contributed by atoms with Gasteiger partial charge < -0.3 is 4.74 Å². The molecule has 0 spiro atoms. The lowest BCUT2D eigenvalue weighted by atomic mass is 10.2. The van der Waals surface area contributed by atoms with Crippen LogP contribution in [0.4, 0.5) is 0 Å². The van der Waals surface area contributed by atoms with E-state index in [1.807, 2.05) is 6.92 Å². The molecule has 0 aliphatic rings. The highest BCUT2D eigenvalue weighted by molar-refractivity contribution is 9.10. The SMILES string of the molecule is COc1ccc(Cl)c2c(Cl)c(Br)c(C)nc12. The molecule has 0 unspecified atom stereocenters. The number of aromatic nitrogens is 1. The maximum Gasteiger partial charge on any atom is 0.145 e. The van der Waals surface area contributed by atoms with Crippen LogP contribution in [0.1, 0.15) is 5.69 Å². The third kappa shape index (κ3) is 1.77. The monoisotopic (exact) mass is 319 g/mol. The van der Waals surface area contributed by atoms with Crippen molar-refractivity contribution in [3.63, 3.8) is 0 Å². The van der Waals surface area contributed by atoms with Crippen molar-refractivity contribution in [3.05, 3.63) is 32.3 Å². The fourth-order valence-electron chi connectivity index (χ4n) is 1.52. The Labute approximate surface area is 112 Å². The summed E-state index contributed by atoms with van der Waals surface area (Å²) in [6.07, 6.45) is 0. The number of aryl methyl sites for hydroxylation is 1. The molecule has 84 valence electrons. The van der Waals surface area contributed by atoms with Crippen LogP contribution in [0, 0.1) is 6.92 Å². The van der Waals surface area contributed by atoms with Gasteiger partial charge in [-0.05, 0) is 35.0 Å². The molecule has 0 saturated carbocycles. The van der Waals surface area contributed by atoms with Gasteiger partial charge in [-0.2, -0.15) is 0 Å². The molecule has 1 aromatic carbocycles. The van der Waals surface area contributed by atoms with Gasteiger partial charge in [-0.25, -0.2) is 4.98 Å². The Morgan fingerprint density at radius 2 is 2.00 bits per heavy atom. The highest BCUT2D eigenvalue weighted by Gasteiger charge is 2.14. The molecular weight excluding hydrogens is 313 g/mol. The molecule has 0 amide bonds. The van der Waals surface area contributed by atoms with E-state index in [1.165, 1.54) is 0 Å². The number of ether oxygens (including phenoxy) is 1. The predicted octanol–water partition coefficient (Wildman–Crippen LogP) is 4.62. The maximum absolute atomic E-state index is 6.24. The highest BCUT2D eigenvalue weighted by atomic mass is 79.9. The number of hydrogen-bond donors (Lipinski definition) is 0. The molecule has 0 saturated heterocycles. The number of rotatable bonds is 1. The van der Waals surface area contributed by atoms with Gasteiger partial charge in [0, 0.05) is 5.39 Å². The number of halogens is 3. The summed E-state index contributed by atoms with van der Waals surface area (Å²) in [6, 6.07) is 3.53. The smallest absolute Gasteiger partial charge is 0.145 e. The first-order valence-corrected chi connectivity index (χ1v) is 6.09. The molecule has 0 N–H and O–H groups in total. The van der Waals surface area contributed by atoms with Crippen molar-refractivity contribution < 1.29 is 4.74 Å². The van der Waals surface area contributed by atoms with Gasteiger partial charge in [-0.1, -0.05) is 23.2 Å². The van der Waals surface area contributed by atoms with E-state index in [4.69, 9.17) is 27.9 Å². The average molecular weight is 321 g/mol. The zero-order valence-corrected chi connectivity index (χ0v) is 11.7. The molecule has 5 heteroatoms. The van der Waals surface area contributed by atoms with Crippen molar-refractivity contribution >= 4 is 50.0 Å². The standard InChI is InChI=1S/C11H8BrCl2NO/c1-5-9(12)10(14)8-6(13)3-4-7(16-2)11(8)15-5/h3-4H,1-2H3. The largest absolute Gasteiger partial charge is 0.494 e. The molecular formula is C11H8BrCl2NO. The van der Waals surface area contributed by atoms with Gasteiger partial charge in [0.05, 0.1) is 27.3 Å². The van der Waals surface area contributed by atoms with Crippen molar-refractivity contribution in [3.8, 4) is 5.75 Å². The van der Waals surface area contributed by atoms with Crippen molar-refractivity contribution in [2.24, 2.45) is 0 Å². The number of nitrogens with zero attached hydrogens (tertiary/aromatic N) is 1. The molecule has 16 heavy (non-hydrogen) atoms. The Balaban J connectivity index is 2.98. The number of benzene rings is 1. The van der Waals surface area contributed by atoms with Gasteiger partial charge in [0.2, 0.25) is 0 Å². The lowest BCUT2D eigenvalue weighted by Crippen LogP contribution is -1.92. The molecule has 0 atom stereocenters. The van der Waals surface area contributed by atoms with Gasteiger partial charge in [-0.3, -0.25) is 0 Å². The third-order valence-corrected chi connectivity index (χ3v) is 4.21. The number of pyridine rings is 1. The second-order valence-corrected chi connectivity index (χ2v) is 4.88. The summed E-state index contributed by atoms with van der Waals surface area (Å²) in [6.45, 7) is 1.87. The van der Waals surface area contributed by atoms with Crippen LogP contribution >= 0.6 is 39.1 Å². The molecule has 1 aromatic heterocycles. The van der Waals surface area contributed by atoms with Crippen LogP contribution in [-0.2, 0) is 0 Å². The molecule has 2 nitrogen and oxygen atoms in total. The number of fused-ring (bicyclic) bond motifs is 1. The second kappa shape index (κ2) is 4.40. The van der Waals surface area contributed by atoms with Gasteiger partial charge in [0.1, 0.15) is 11.3 Å². The van der Waals surface area contributed by atoms with Crippen LogP contribution in [0.3, 0.4) is 0 Å². The summed E-state index contributed by atoms with van der Waals surface area (Å²) in [7, 11) is 1.59. The van der Waals surface area contributed by atoms with E-state index in [2.05, 4.69) is 20.9 Å². The zero-order valence-electron chi connectivity index (χ0n) is 8.64. The lowest BCUT2D eigenvalue weighted by molar-refractivity contribution is 0.419. The van der Waals surface area contributed by atoms with E-state index in [0.29, 0.717) is 26.7 Å². The van der Waals surface area contributed by atoms with Crippen molar-refractivity contribution in [2.45, 2.75) is 6.92 Å². The summed E-state index contributed by atoms with van der Waals surface area (Å²) in [4.78, 5) is 4.43. The number of hydrogen-bond acceptors (Lipinski definition) is 2. The van der Waals surface area contributed by atoms with E-state index in [1.54, 1.807) is 19.2 Å². The molecule has 2 rings (SSSR count). The summed E-state index contributed by atoms with van der Waals surface area (Å²) in [5.41, 5.74) is 1.48. The van der Waals surface area contributed by atoms with Crippen molar-refractivity contribution in [1.29, 1.82) is 0 Å². The fraction of sp³-hybridized carbons (Fsp3) is 0.182. The Bertz CT molecular complexity index is 572. The van der Waals surface area contributed by atoms with Gasteiger partial charge in [0.15, 0.2) is 0 Å². The molecule has 0 aliphatic carbocycles. The first-order valence-electron chi connectivity index (χ1n) is 4.54. The Morgan fingerprint density at radius 1 is 1.31 bits per heavy atom. The highest BCUT2D eigenvalue weighted by Crippen LogP contribution is 2.39. The third-order valence-electron chi connectivity index (χ3n) is 2.32. The predicted molar refractivity (Wildman–Crippen MR) is 70.8 cm³/mol. The molecule has 1 heterocycles. The topological polar surface area (TPSA) is 22.1 Å². The Morgan fingerprint density at radius 3 is 2.62 bits per heavy atom. The van der Waals surface area contributed by atoms with Crippen LogP contribution in [-0.4, -0.2) is 12.1 Å². The summed E-state index contributed by atoms with van der Waals surface area (Å²) in [5.74, 6) is 0.664. The van der Waals surface area contributed by atoms with Crippen LogP contribution < -0.4 is 4.74 Å². The second-order valence-electron chi connectivity index (χ2n) is 3.30. The number of methoxy groups -OCH3 is 1. The minimum Gasteiger partial charge on any atom is -0.494 e. The van der Waals surface area contributed by atoms with E-state index in [9.17, 15) is 0 Å². The van der Waals surface area contributed by atoms with E-state index < -0.39 is 0 Å².